The SMILES string of the molecule is CCOC(=O)C1=C(CN2CCN3C(=O)N([C@H]4CC[C@@H](C(=O)O)C4)C[C@@H]3C2)NC(c2nccs2)=N[C@H]1c1cccc(F)c1Cl. The van der Waals surface area contributed by atoms with Crippen molar-refractivity contribution in [3.63, 3.8) is 0 Å². The van der Waals surface area contributed by atoms with E-state index in [0.717, 1.165) is 0 Å². The largest absolute Gasteiger partial charge is 0.481 e. The van der Waals surface area contributed by atoms with E-state index in [9.17, 15) is 23.9 Å². The minimum absolute atomic E-state index is 0.0399. The number of carbonyl (C=O) groups is 3. The van der Waals surface area contributed by atoms with Crippen molar-refractivity contribution in [2.24, 2.45) is 10.9 Å². The number of aliphatic carboxylic acids is 1. The molecule has 1 aliphatic carbocycles. The van der Waals surface area contributed by atoms with E-state index in [1.54, 1.807) is 19.2 Å². The molecule has 0 bridgehead atoms. The van der Waals surface area contributed by atoms with Crippen LogP contribution in [-0.4, -0.2) is 100 Å². The molecule has 14 heteroatoms. The number of amidine groups is 1. The normalized spacial score (nSPS) is 25.9. The summed E-state index contributed by atoms with van der Waals surface area (Å²) in [6.07, 6.45) is 3.41. The fourth-order valence-corrected chi connectivity index (χ4v) is 7.33. The molecular formula is C29H32ClFN6O5S. The highest BCUT2D eigenvalue weighted by Gasteiger charge is 2.46. The quantitative estimate of drug-likeness (QED) is 0.424. The third kappa shape index (κ3) is 5.73. The lowest BCUT2D eigenvalue weighted by atomic mass is 9.95. The molecule has 2 amide bonds. The lowest BCUT2D eigenvalue weighted by Gasteiger charge is -2.38. The minimum atomic E-state index is -0.924. The highest BCUT2D eigenvalue weighted by molar-refractivity contribution is 7.11. The fraction of sp³-hybridized carbons (Fsp3) is 0.483. The second-order valence-electron chi connectivity index (χ2n) is 11.1. The molecule has 0 unspecified atom stereocenters. The zero-order valence-corrected chi connectivity index (χ0v) is 25.1. The maximum Gasteiger partial charge on any atom is 0.338 e. The molecule has 6 rings (SSSR count). The van der Waals surface area contributed by atoms with Crippen molar-refractivity contribution in [1.29, 1.82) is 0 Å². The summed E-state index contributed by atoms with van der Waals surface area (Å²) in [4.78, 5) is 53.3. The smallest absolute Gasteiger partial charge is 0.338 e. The van der Waals surface area contributed by atoms with Gasteiger partial charge in [-0.15, -0.1) is 11.3 Å². The topological polar surface area (TPSA) is 128 Å². The van der Waals surface area contributed by atoms with Gasteiger partial charge in [-0.05, 0) is 32.3 Å². The Balaban J connectivity index is 1.28. The van der Waals surface area contributed by atoms with Crippen molar-refractivity contribution in [3.05, 3.63) is 62.5 Å². The number of carbonyl (C=O) groups excluding carboxylic acids is 2. The third-order valence-electron chi connectivity index (χ3n) is 8.57. The number of hydrogen-bond donors (Lipinski definition) is 2. The molecule has 2 N–H and O–H groups in total. The summed E-state index contributed by atoms with van der Waals surface area (Å²) < 4.78 is 20.1. The number of esters is 1. The predicted molar refractivity (Wildman–Crippen MR) is 157 cm³/mol. The monoisotopic (exact) mass is 630 g/mol. The number of hydrogen-bond acceptors (Lipinski definition) is 9. The van der Waals surface area contributed by atoms with Crippen LogP contribution in [0.4, 0.5) is 9.18 Å². The maximum absolute atomic E-state index is 14.6. The number of urea groups is 1. The van der Waals surface area contributed by atoms with Crippen molar-refractivity contribution in [3.8, 4) is 0 Å². The highest BCUT2D eigenvalue weighted by atomic mass is 35.5. The van der Waals surface area contributed by atoms with Crippen molar-refractivity contribution in [1.82, 2.24) is 25.0 Å². The molecule has 3 fully saturated rings. The molecule has 1 saturated carbocycles. The Morgan fingerprint density at radius 1 is 1.21 bits per heavy atom. The molecule has 1 aromatic heterocycles. The van der Waals surface area contributed by atoms with Crippen molar-refractivity contribution < 1.29 is 28.6 Å². The lowest BCUT2D eigenvalue weighted by Crippen LogP contribution is -2.53. The Kier molecular flexibility index (Phi) is 8.38. The summed E-state index contributed by atoms with van der Waals surface area (Å²) in [6.45, 7) is 4.34. The van der Waals surface area contributed by atoms with Gasteiger partial charge in [0.25, 0.3) is 0 Å². The van der Waals surface area contributed by atoms with E-state index < -0.39 is 29.7 Å². The lowest BCUT2D eigenvalue weighted by molar-refractivity contribution is -0.141. The summed E-state index contributed by atoms with van der Waals surface area (Å²) >= 11 is 7.80. The number of rotatable bonds is 8. The molecule has 1 aromatic carbocycles. The Bertz CT molecular complexity index is 1490. The molecule has 228 valence electrons. The number of thiazole rings is 1. The van der Waals surface area contributed by atoms with Crippen LogP contribution in [0.1, 0.15) is 42.8 Å². The average molecular weight is 631 g/mol. The van der Waals surface area contributed by atoms with Gasteiger partial charge < -0.3 is 25.0 Å². The Morgan fingerprint density at radius 3 is 2.77 bits per heavy atom. The van der Waals surface area contributed by atoms with Crippen LogP contribution in [-0.2, 0) is 14.3 Å². The Labute approximate surface area is 257 Å². The van der Waals surface area contributed by atoms with Crippen LogP contribution >= 0.6 is 22.9 Å². The number of benzene rings is 1. The van der Waals surface area contributed by atoms with E-state index in [1.165, 1.54) is 23.5 Å². The van der Waals surface area contributed by atoms with Gasteiger partial charge >= 0.3 is 18.0 Å². The predicted octanol–water partition coefficient (Wildman–Crippen LogP) is 3.52. The summed E-state index contributed by atoms with van der Waals surface area (Å²) in [7, 11) is 0. The molecule has 4 aliphatic rings. The second kappa shape index (κ2) is 12.2. The first-order valence-electron chi connectivity index (χ1n) is 14.4. The number of aliphatic imine (C=N–C) groups is 1. The Hall–Kier alpha value is -3.55. The van der Waals surface area contributed by atoms with E-state index in [2.05, 4.69) is 15.2 Å². The van der Waals surface area contributed by atoms with E-state index in [4.69, 9.17) is 21.3 Å². The maximum atomic E-state index is 14.6. The number of nitrogens with zero attached hydrogens (tertiary/aromatic N) is 5. The van der Waals surface area contributed by atoms with Crippen LogP contribution in [0.2, 0.25) is 5.02 Å². The van der Waals surface area contributed by atoms with Gasteiger partial charge in [0.15, 0.2) is 10.8 Å². The first-order valence-corrected chi connectivity index (χ1v) is 15.6. The van der Waals surface area contributed by atoms with Gasteiger partial charge in [-0.1, -0.05) is 23.7 Å². The van der Waals surface area contributed by atoms with Gasteiger partial charge in [-0.3, -0.25) is 14.7 Å². The molecule has 3 aliphatic heterocycles. The van der Waals surface area contributed by atoms with Gasteiger partial charge in [0.1, 0.15) is 11.9 Å². The molecule has 11 nitrogen and oxygen atoms in total. The number of carboxylic acids is 1. The summed E-state index contributed by atoms with van der Waals surface area (Å²) in [5.74, 6) is -1.96. The number of fused-ring (bicyclic) bond motifs is 1. The number of nitrogens with one attached hydrogen (secondary N) is 1. The first-order chi connectivity index (χ1) is 20.7. The van der Waals surface area contributed by atoms with Crippen LogP contribution in [0, 0.1) is 11.7 Å². The number of piperazine rings is 1. The molecule has 4 atom stereocenters. The van der Waals surface area contributed by atoms with Gasteiger partial charge in [0, 0.05) is 61.6 Å². The van der Waals surface area contributed by atoms with Gasteiger partial charge in [-0.25, -0.2) is 19.0 Å². The summed E-state index contributed by atoms with van der Waals surface area (Å²) in [5, 5.41) is 15.1. The van der Waals surface area contributed by atoms with Crippen molar-refractivity contribution >= 4 is 46.7 Å². The number of amides is 2. The molecule has 43 heavy (non-hydrogen) atoms. The molecule has 0 radical (unpaired) electrons. The van der Waals surface area contributed by atoms with E-state index in [0.29, 0.717) is 74.1 Å². The van der Waals surface area contributed by atoms with E-state index in [-0.39, 0.29) is 35.3 Å². The van der Waals surface area contributed by atoms with Gasteiger partial charge in [-0.2, -0.15) is 0 Å². The van der Waals surface area contributed by atoms with Crippen LogP contribution in [0.15, 0.2) is 46.0 Å². The molecule has 4 heterocycles. The van der Waals surface area contributed by atoms with Crippen LogP contribution in [0.5, 0.6) is 0 Å². The van der Waals surface area contributed by atoms with Crippen molar-refractivity contribution in [2.45, 2.75) is 44.3 Å². The number of ether oxygens (including phenoxy) is 1. The minimum Gasteiger partial charge on any atom is -0.481 e. The summed E-state index contributed by atoms with van der Waals surface area (Å²) in [6, 6.07) is 3.34. The molecule has 2 aromatic rings. The fourth-order valence-electron chi connectivity index (χ4n) is 6.51. The first kappa shape index (κ1) is 29.5. The van der Waals surface area contributed by atoms with Crippen LogP contribution in [0.25, 0.3) is 0 Å². The number of carboxylic acid groups (broad SMARTS) is 1. The van der Waals surface area contributed by atoms with Crippen molar-refractivity contribution in [2.75, 3.05) is 39.3 Å². The number of aromatic nitrogens is 1. The number of halogens is 2. The second-order valence-corrected chi connectivity index (χ2v) is 12.4. The van der Waals surface area contributed by atoms with E-state index in [1.807, 2.05) is 15.2 Å². The van der Waals surface area contributed by atoms with E-state index >= 15 is 0 Å². The summed E-state index contributed by atoms with van der Waals surface area (Å²) in [5.41, 5.74) is 1.14. The molecule has 2 saturated heterocycles. The van der Waals surface area contributed by atoms with Gasteiger partial charge in [0.05, 0.1) is 29.2 Å². The molecule has 0 spiro atoms. The average Bonchev–Trinajstić information content (AvgIpc) is 3.75. The third-order valence-corrected chi connectivity index (χ3v) is 9.75. The molecular weight excluding hydrogens is 599 g/mol. The Morgan fingerprint density at radius 2 is 2.05 bits per heavy atom. The highest BCUT2D eigenvalue weighted by Crippen LogP contribution is 2.38. The zero-order chi connectivity index (χ0) is 30.2. The van der Waals surface area contributed by atoms with Crippen LogP contribution < -0.4 is 5.32 Å². The van der Waals surface area contributed by atoms with Crippen LogP contribution in [0.3, 0.4) is 0 Å². The zero-order valence-electron chi connectivity index (χ0n) is 23.5. The van der Waals surface area contributed by atoms with Gasteiger partial charge in [0.2, 0.25) is 0 Å². The standard InChI is InChI=1S/C29H32ClFN6O5S/c1-2-42-28(40)22-21(33-25(26-32-8-11-43-26)34-24(22)19-4-3-5-20(31)23(19)30)15-35-9-10-36-18(13-35)14-37(29(36)41)17-7-6-16(12-17)27(38)39/h3-5,8,11,16-18,24H,2,6-7,9-10,12-15H2,1H3,(H,33,34)(H,38,39)/t16-,17+,18+,24+/m1/s1.